The predicted octanol–water partition coefficient (Wildman–Crippen LogP) is 1.36. The summed E-state index contributed by atoms with van der Waals surface area (Å²) in [5.74, 6) is 1.30. The summed E-state index contributed by atoms with van der Waals surface area (Å²) in [6.45, 7) is 7.75. The van der Waals surface area contributed by atoms with Crippen LogP contribution in [-0.4, -0.2) is 32.2 Å². The van der Waals surface area contributed by atoms with Crippen molar-refractivity contribution in [1.82, 2.24) is 25.1 Å². The van der Waals surface area contributed by atoms with Crippen molar-refractivity contribution in [2.24, 2.45) is 0 Å². The van der Waals surface area contributed by atoms with Gasteiger partial charge in [0.1, 0.15) is 12.1 Å². The summed E-state index contributed by atoms with van der Waals surface area (Å²) in [4.78, 5) is 16.5. The van der Waals surface area contributed by atoms with E-state index < -0.39 is 0 Å². The van der Waals surface area contributed by atoms with Gasteiger partial charge in [0.15, 0.2) is 5.82 Å². The van der Waals surface area contributed by atoms with Gasteiger partial charge in [0.2, 0.25) is 0 Å². The Labute approximate surface area is 123 Å². The van der Waals surface area contributed by atoms with E-state index in [1.54, 1.807) is 18.5 Å². The molecule has 0 unspecified atom stereocenters. The molecule has 0 fully saturated rings. The lowest BCUT2D eigenvalue weighted by molar-refractivity contribution is 0.0949. The van der Waals surface area contributed by atoms with Gasteiger partial charge in [0.25, 0.3) is 5.91 Å². The van der Waals surface area contributed by atoms with Gasteiger partial charge in [-0.05, 0) is 32.9 Å². The molecule has 112 valence electrons. The molecule has 0 aliphatic carbocycles. The Morgan fingerprint density at radius 3 is 2.86 bits per heavy atom. The zero-order chi connectivity index (χ0) is 15.2. The van der Waals surface area contributed by atoms with E-state index in [0.717, 1.165) is 24.6 Å². The zero-order valence-electron chi connectivity index (χ0n) is 12.6. The molecule has 2 rings (SSSR count). The van der Waals surface area contributed by atoms with E-state index in [-0.39, 0.29) is 5.91 Å². The van der Waals surface area contributed by atoms with Crippen LogP contribution >= 0.6 is 0 Å². The number of nitrogens with zero attached hydrogens (tertiary/aromatic N) is 4. The second-order valence-corrected chi connectivity index (χ2v) is 4.63. The van der Waals surface area contributed by atoms with Gasteiger partial charge in [-0.3, -0.25) is 4.79 Å². The third-order valence-electron chi connectivity index (χ3n) is 3.02. The summed E-state index contributed by atoms with van der Waals surface area (Å²) in [5.41, 5.74) is 1.39. The fraction of sp³-hybridized carbons (Fsp3) is 0.429. The molecule has 0 bridgehead atoms. The Bertz CT molecular complexity index is 622. The van der Waals surface area contributed by atoms with Crippen LogP contribution in [0, 0.1) is 6.92 Å². The van der Waals surface area contributed by atoms with Crippen LogP contribution < -0.4 is 10.6 Å². The lowest BCUT2D eigenvalue weighted by atomic mass is 10.2. The summed E-state index contributed by atoms with van der Waals surface area (Å²) in [6, 6.07) is 3.51. The maximum atomic E-state index is 12.2. The Hall–Kier alpha value is -2.44. The molecule has 0 atom stereocenters. The van der Waals surface area contributed by atoms with Crippen LogP contribution in [0.15, 0.2) is 18.5 Å². The molecule has 2 aromatic heterocycles. The molecule has 1 amide bonds. The van der Waals surface area contributed by atoms with Crippen molar-refractivity contribution < 1.29 is 4.79 Å². The van der Waals surface area contributed by atoms with Crippen LogP contribution in [0.5, 0.6) is 0 Å². The standard InChI is InChI=1S/C14H20N6O/c1-4-15-12-7-11(6-10(3)18-12)14(21)16-8-13-19-17-9-20(13)5-2/h6-7,9H,4-5,8H2,1-3H3,(H,15,18)(H,16,21). The highest BCUT2D eigenvalue weighted by atomic mass is 16.1. The van der Waals surface area contributed by atoms with E-state index in [9.17, 15) is 4.79 Å². The molecule has 2 heterocycles. The number of nitrogens with one attached hydrogen (secondary N) is 2. The number of amides is 1. The molecule has 2 N–H and O–H groups in total. The zero-order valence-corrected chi connectivity index (χ0v) is 12.6. The predicted molar refractivity (Wildman–Crippen MR) is 80.0 cm³/mol. The molecule has 7 nitrogen and oxygen atoms in total. The minimum absolute atomic E-state index is 0.148. The quantitative estimate of drug-likeness (QED) is 0.838. The summed E-state index contributed by atoms with van der Waals surface area (Å²) in [5, 5.41) is 13.8. The summed E-state index contributed by atoms with van der Waals surface area (Å²) >= 11 is 0. The molecule has 0 saturated heterocycles. The van der Waals surface area contributed by atoms with Crippen molar-refractivity contribution in [3.8, 4) is 0 Å². The first-order valence-electron chi connectivity index (χ1n) is 7.01. The number of pyridine rings is 1. The van der Waals surface area contributed by atoms with Crippen LogP contribution in [-0.2, 0) is 13.1 Å². The first-order valence-corrected chi connectivity index (χ1v) is 7.01. The lowest BCUT2D eigenvalue weighted by Gasteiger charge is -2.09. The summed E-state index contributed by atoms with van der Waals surface area (Å²) in [6.07, 6.45) is 1.65. The number of carbonyl (C=O) groups is 1. The molecule has 0 saturated carbocycles. The molecule has 2 aromatic rings. The average Bonchev–Trinajstić information content (AvgIpc) is 2.92. The van der Waals surface area contributed by atoms with Crippen LogP contribution in [0.1, 0.15) is 35.7 Å². The second-order valence-electron chi connectivity index (χ2n) is 4.63. The number of hydrogen-bond donors (Lipinski definition) is 2. The molecule has 0 spiro atoms. The maximum absolute atomic E-state index is 12.2. The van der Waals surface area contributed by atoms with Gasteiger partial charge in [-0.25, -0.2) is 4.98 Å². The maximum Gasteiger partial charge on any atom is 0.251 e. The molecular weight excluding hydrogens is 268 g/mol. The Kier molecular flexibility index (Phi) is 4.86. The fourth-order valence-electron chi connectivity index (χ4n) is 2.01. The van der Waals surface area contributed by atoms with Crippen LogP contribution in [0.4, 0.5) is 5.82 Å². The normalized spacial score (nSPS) is 10.4. The number of anilines is 1. The van der Waals surface area contributed by atoms with Crippen molar-refractivity contribution in [3.05, 3.63) is 35.5 Å². The highest BCUT2D eigenvalue weighted by Crippen LogP contribution is 2.10. The SMILES string of the molecule is CCNc1cc(C(=O)NCc2nncn2CC)cc(C)n1. The number of hydrogen-bond acceptors (Lipinski definition) is 5. The van der Waals surface area contributed by atoms with E-state index >= 15 is 0 Å². The largest absolute Gasteiger partial charge is 0.370 e. The van der Waals surface area contributed by atoms with Crippen molar-refractivity contribution in [3.63, 3.8) is 0 Å². The van der Waals surface area contributed by atoms with Gasteiger partial charge in [-0.15, -0.1) is 10.2 Å². The van der Waals surface area contributed by atoms with Crippen molar-refractivity contribution in [2.75, 3.05) is 11.9 Å². The smallest absolute Gasteiger partial charge is 0.251 e. The Morgan fingerprint density at radius 1 is 1.33 bits per heavy atom. The molecule has 0 aliphatic rings. The molecule has 0 radical (unpaired) electrons. The van der Waals surface area contributed by atoms with E-state index in [1.807, 2.05) is 25.3 Å². The van der Waals surface area contributed by atoms with Gasteiger partial charge < -0.3 is 15.2 Å². The van der Waals surface area contributed by atoms with Gasteiger partial charge in [0, 0.05) is 24.3 Å². The minimum Gasteiger partial charge on any atom is -0.370 e. The molecular formula is C14H20N6O. The highest BCUT2D eigenvalue weighted by Gasteiger charge is 2.10. The van der Waals surface area contributed by atoms with Crippen LogP contribution in [0.2, 0.25) is 0 Å². The molecule has 0 aromatic carbocycles. The topological polar surface area (TPSA) is 84.7 Å². The monoisotopic (exact) mass is 288 g/mol. The first-order chi connectivity index (χ1) is 10.1. The minimum atomic E-state index is -0.148. The second kappa shape index (κ2) is 6.83. The van der Waals surface area contributed by atoms with Crippen molar-refractivity contribution >= 4 is 11.7 Å². The molecule has 0 aliphatic heterocycles. The Morgan fingerprint density at radius 2 is 2.14 bits per heavy atom. The summed E-state index contributed by atoms with van der Waals surface area (Å²) in [7, 11) is 0. The fourth-order valence-corrected chi connectivity index (χ4v) is 2.01. The van der Waals surface area contributed by atoms with Gasteiger partial charge in [-0.1, -0.05) is 0 Å². The van der Waals surface area contributed by atoms with Crippen LogP contribution in [0.3, 0.4) is 0 Å². The third kappa shape index (κ3) is 3.77. The summed E-state index contributed by atoms with van der Waals surface area (Å²) < 4.78 is 1.89. The van der Waals surface area contributed by atoms with E-state index in [0.29, 0.717) is 17.9 Å². The highest BCUT2D eigenvalue weighted by molar-refractivity contribution is 5.94. The third-order valence-corrected chi connectivity index (χ3v) is 3.02. The van der Waals surface area contributed by atoms with Gasteiger partial charge in [-0.2, -0.15) is 0 Å². The van der Waals surface area contributed by atoms with Gasteiger partial charge >= 0.3 is 0 Å². The van der Waals surface area contributed by atoms with E-state index in [2.05, 4.69) is 25.8 Å². The number of aryl methyl sites for hydroxylation is 2. The van der Waals surface area contributed by atoms with Gasteiger partial charge in [0.05, 0.1) is 6.54 Å². The first kappa shape index (κ1) is 15.0. The van der Waals surface area contributed by atoms with Crippen molar-refractivity contribution in [1.29, 1.82) is 0 Å². The lowest BCUT2D eigenvalue weighted by Crippen LogP contribution is -2.25. The number of rotatable bonds is 6. The van der Waals surface area contributed by atoms with Crippen molar-refractivity contribution in [2.45, 2.75) is 33.9 Å². The Balaban J connectivity index is 2.06. The van der Waals surface area contributed by atoms with E-state index in [4.69, 9.17) is 0 Å². The molecule has 21 heavy (non-hydrogen) atoms. The average molecular weight is 288 g/mol. The van der Waals surface area contributed by atoms with E-state index in [1.165, 1.54) is 0 Å². The number of aromatic nitrogens is 4. The van der Waals surface area contributed by atoms with Crippen LogP contribution in [0.25, 0.3) is 0 Å². The number of carbonyl (C=O) groups excluding carboxylic acids is 1. The molecule has 7 heteroatoms.